The van der Waals surface area contributed by atoms with Crippen LogP contribution in [0, 0.1) is 12.8 Å². The third-order valence-electron chi connectivity index (χ3n) is 4.44. The zero-order valence-electron chi connectivity index (χ0n) is 13.1. The molecule has 1 aromatic heterocycles. The zero-order valence-corrected chi connectivity index (χ0v) is 13.1. The van der Waals surface area contributed by atoms with Crippen LogP contribution in [0.15, 0.2) is 36.4 Å². The van der Waals surface area contributed by atoms with Crippen LogP contribution in [0.2, 0.25) is 0 Å². The molecule has 0 saturated carbocycles. The third kappa shape index (κ3) is 2.72. The molecule has 1 N–H and O–H groups in total. The van der Waals surface area contributed by atoms with E-state index in [1.54, 1.807) is 22.6 Å². The molecule has 120 valence electrons. The summed E-state index contributed by atoms with van der Waals surface area (Å²) in [5.74, 6) is -1.56. The molecule has 1 aliphatic rings. The summed E-state index contributed by atoms with van der Waals surface area (Å²) in [5.41, 5.74) is 2.10. The Bertz CT molecular complexity index is 739. The SMILES string of the molecule is Cc1cc(C(=O)N2CCC(C(=O)O)C2C)nn1-c1ccccc1. The molecule has 1 fully saturated rings. The molecule has 2 heterocycles. The largest absolute Gasteiger partial charge is 0.481 e. The van der Waals surface area contributed by atoms with Gasteiger partial charge in [0.15, 0.2) is 5.69 Å². The number of nitrogens with zero attached hydrogens (tertiary/aromatic N) is 3. The molecule has 6 heteroatoms. The fraction of sp³-hybridized carbons (Fsp3) is 0.353. The first-order valence-corrected chi connectivity index (χ1v) is 7.65. The van der Waals surface area contributed by atoms with Gasteiger partial charge in [0.2, 0.25) is 0 Å². The molecule has 0 spiro atoms. The van der Waals surface area contributed by atoms with Gasteiger partial charge in [-0.3, -0.25) is 9.59 Å². The number of likely N-dealkylation sites (tertiary alicyclic amines) is 1. The van der Waals surface area contributed by atoms with Gasteiger partial charge in [0.1, 0.15) is 0 Å². The van der Waals surface area contributed by atoms with Crippen molar-refractivity contribution in [2.24, 2.45) is 5.92 Å². The lowest BCUT2D eigenvalue weighted by Crippen LogP contribution is -2.37. The zero-order chi connectivity index (χ0) is 16.6. The van der Waals surface area contributed by atoms with Crippen LogP contribution in [0.25, 0.3) is 5.69 Å². The highest BCUT2D eigenvalue weighted by Crippen LogP contribution is 2.26. The molecular weight excluding hydrogens is 294 g/mol. The number of hydrogen-bond acceptors (Lipinski definition) is 3. The minimum atomic E-state index is -0.848. The van der Waals surface area contributed by atoms with Gasteiger partial charge < -0.3 is 10.0 Å². The number of benzene rings is 1. The number of para-hydroxylation sites is 1. The quantitative estimate of drug-likeness (QED) is 0.941. The van der Waals surface area contributed by atoms with Gasteiger partial charge in [-0.05, 0) is 38.5 Å². The number of aromatic nitrogens is 2. The predicted octanol–water partition coefficient (Wildman–Crippen LogP) is 2.12. The van der Waals surface area contributed by atoms with Crippen LogP contribution in [0.1, 0.15) is 29.5 Å². The number of carboxylic acid groups (broad SMARTS) is 1. The third-order valence-corrected chi connectivity index (χ3v) is 4.44. The van der Waals surface area contributed by atoms with Crippen LogP contribution in [-0.2, 0) is 4.79 Å². The molecule has 2 aromatic rings. The lowest BCUT2D eigenvalue weighted by atomic mass is 10.0. The second kappa shape index (κ2) is 5.87. The van der Waals surface area contributed by atoms with Gasteiger partial charge in [0.05, 0.1) is 11.6 Å². The second-order valence-electron chi connectivity index (χ2n) is 5.89. The van der Waals surface area contributed by atoms with Crippen molar-refractivity contribution >= 4 is 11.9 Å². The van der Waals surface area contributed by atoms with Gasteiger partial charge in [0, 0.05) is 18.3 Å². The lowest BCUT2D eigenvalue weighted by molar-refractivity contribution is -0.142. The summed E-state index contributed by atoms with van der Waals surface area (Å²) < 4.78 is 1.72. The molecule has 1 saturated heterocycles. The first-order valence-electron chi connectivity index (χ1n) is 7.65. The van der Waals surface area contributed by atoms with Gasteiger partial charge in [-0.15, -0.1) is 0 Å². The first-order chi connectivity index (χ1) is 11.0. The number of carboxylic acids is 1. The van der Waals surface area contributed by atoms with Crippen molar-refractivity contribution in [3.8, 4) is 5.69 Å². The predicted molar refractivity (Wildman–Crippen MR) is 84.5 cm³/mol. The van der Waals surface area contributed by atoms with E-state index in [0.717, 1.165) is 11.4 Å². The van der Waals surface area contributed by atoms with Crippen LogP contribution in [0.5, 0.6) is 0 Å². The Morgan fingerprint density at radius 3 is 2.57 bits per heavy atom. The summed E-state index contributed by atoms with van der Waals surface area (Å²) in [7, 11) is 0. The van der Waals surface area contributed by atoms with Crippen LogP contribution < -0.4 is 0 Å². The Labute approximate surface area is 134 Å². The number of aliphatic carboxylic acids is 1. The summed E-state index contributed by atoms with van der Waals surface area (Å²) in [4.78, 5) is 25.5. The van der Waals surface area contributed by atoms with Gasteiger partial charge in [-0.2, -0.15) is 5.10 Å². The molecule has 0 aliphatic carbocycles. The Morgan fingerprint density at radius 1 is 1.26 bits per heavy atom. The minimum absolute atomic E-state index is 0.209. The van der Waals surface area contributed by atoms with Crippen molar-refractivity contribution in [3.63, 3.8) is 0 Å². The molecule has 1 aliphatic heterocycles. The Morgan fingerprint density at radius 2 is 1.96 bits per heavy atom. The second-order valence-corrected chi connectivity index (χ2v) is 5.89. The van der Waals surface area contributed by atoms with Gasteiger partial charge in [-0.25, -0.2) is 4.68 Å². The highest BCUT2D eigenvalue weighted by molar-refractivity contribution is 5.93. The van der Waals surface area contributed by atoms with E-state index in [9.17, 15) is 14.7 Å². The topological polar surface area (TPSA) is 75.4 Å². The molecule has 1 aromatic carbocycles. The minimum Gasteiger partial charge on any atom is -0.481 e. The smallest absolute Gasteiger partial charge is 0.308 e. The molecule has 2 unspecified atom stereocenters. The molecule has 2 atom stereocenters. The molecule has 0 bridgehead atoms. The van der Waals surface area contributed by atoms with Crippen molar-refractivity contribution in [2.45, 2.75) is 26.3 Å². The summed E-state index contributed by atoms with van der Waals surface area (Å²) in [6.45, 7) is 4.13. The van der Waals surface area contributed by atoms with Crippen LogP contribution in [-0.4, -0.2) is 44.3 Å². The maximum absolute atomic E-state index is 12.7. The van der Waals surface area contributed by atoms with Crippen molar-refractivity contribution in [1.82, 2.24) is 14.7 Å². The van der Waals surface area contributed by atoms with Crippen LogP contribution >= 0.6 is 0 Å². The highest BCUT2D eigenvalue weighted by Gasteiger charge is 2.39. The van der Waals surface area contributed by atoms with Gasteiger partial charge >= 0.3 is 5.97 Å². The molecule has 23 heavy (non-hydrogen) atoms. The molecule has 0 radical (unpaired) electrons. The number of carbonyl (C=O) groups excluding carboxylic acids is 1. The monoisotopic (exact) mass is 313 g/mol. The number of aryl methyl sites for hydroxylation is 1. The number of carbonyl (C=O) groups is 2. The van der Waals surface area contributed by atoms with Crippen molar-refractivity contribution in [1.29, 1.82) is 0 Å². The van der Waals surface area contributed by atoms with Crippen molar-refractivity contribution in [2.75, 3.05) is 6.54 Å². The fourth-order valence-corrected chi connectivity index (χ4v) is 3.11. The van der Waals surface area contributed by atoms with Gasteiger partial charge in [-0.1, -0.05) is 18.2 Å². The standard InChI is InChI=1S/C17H19N3O3/c1-11-10-15(18-20(11)13-6-4-3-5-7-13)16(21)19-9-8-14(12(19)2)17(22)23/h3-7,10,12,14H,8-9H2,1-2H3,(H,22,23). The van der Waals surface area contributed by atoms with Crippen LogP contribution in [0.3, 0.4) is 0 Å². The molecule has 3 rings (SSSR count). The molecule has 1 amide bonds. The maximum atomic E-state index is 12.7. The fourth-order valence-electron chi connectivity index (χ4n) is 3.11. The molecule has 6 nitrogen and oxygen atoms in total. The Kier molecular flexibility index (Phi) is 3.90. The maximum Gasteiger partial charge on any atom is 0.308 e. The van der Waals surface area contributed by atoms with E-state index in [1.807, 2.05) is 37.3 Å². The van der Waals surface area contributed by atoms with E-state index < -0.39 is 11.9 Å². The summed E-state index contributed by atoms with van der Waals surface area (Å²) in [6.07, 6.45) is 0.487. The summed E-state index contributed by atoms with van der Waals surface area (Å²) >= 11 is 0. The average Bonchev–Trinajstić information content (AvgIpc) is 3.11. The van der Waals surface area contributed by atoms with E-state index >= 15 is 0 Å². The number of rotatable bonds is 3. The number of hydrogen-bond donors (Lipinski definition) is 1. The summed E-state index contributed by atoms with van der Waals surface area (Å²) in [5, 5.41) is 13.6. The van der Waals surface area contributed by atoms with E-state index in [4.69, 9.17) is 0 Å². The van der Waals surface area contributed by atoms with Gasteiger partial charge in [0.25, 0.3) is 5.91 Å². The lowest BCUT2D eigenvalue weighted by Gasteiger charge is -2.22. The van der Waals surface area contributed by atoms with E-state index in [-0.39, 0.29) is 11.9 Å². The molecular formula is C17H19N3O3. The van der Waals surface area contributed by atoms with E-state index in [0.29, 0.717) is 18.7 Å². The first kappa shape index (κ1) is 15.3. The summed E-state index contributed by atoms with van der Waals surface area (Å²) in [6, 6.07) is 11.0. The number of amides is 1. The Hall–Kier alpha value is -2.63. The van der Waals surface area contributed by atoms with Crippen LogP contribution in [0.4, 0.5) is 0 Å². The van der Waals surface area contributed by atoms with Crippen molar-refractivity contribution < 1.29 is 14.7 Å². The normalized spacial score (nSPS) is 20.7. The Balaban J connectivity index is 1.86. The highest BCUT2D eigenvalue weighted by atomic mass is 16.4. The van der Waals surface area contributed by atoms with Crippen molar-refractivity contribution in [3.05, 3.63) is 47.8 Å². The van der Waals surface area contributed by atoms with E-state index in [2.05, 4.69) is 5.10 Å². The average molecular weight is 313 g/mol. The van der Waals surface area contributed by atoms with E-state index in [1.165, 1.54) is 0 Å².